The van der Waals surface area contributed by atoms with Crippen molar-refractivity contribution in [2.45, 2.75) is 5.16 Å². The molecule has 60 valence electrons. The molecule has 0 amide bonds. The van der Waals surface area contributed by atoms with Crippen molar-refractivity contribution >= 4 is 27.7 Å². The summed E-state index contributed by atoms with van der Waals surface area (Å²) >= 11 is 4.75. The third-order valence-corrected chi connectivity index (χ3v) is 2.22. The smallest absolute Gasteiger partial charge is 0.188 e. The van der Waals surface area contributed by atoms with Gasteiger partial charge in [-0.2, -0.15) is 0 Å². The molecule has 0 fully saturated rings. The van der Waals surface area contributed by atoms with E-state index in [9.17, 15) is 0 Å². The van der Waals surface area contributed by atoms with Gasteiger partial charge in [0, 0.05) is 0 Å². The highest BCUT2D eigenvalue weighted by Gasteiger charge is 2.02. The first-order valence-corrected chi connectivity index (χ1v) is 4.90. The summed E-state index contributed by atoms with van der Waals surface area (Å²) in [4.78, 5) is 8.13. The maximum atomic E-state index is 4.96. The van der Waals surface area contributed by atoms with Gasteiger partial charge in [-0.05, 0) is 22.2 Å². The van der Waals surface area contributed by atoms with Gasteiger partial charge in [-0.1, -0.05) is 11.8 Å². The molecule has 0 saturated carbocycles. The fourth-order valence-electron chi connectivity index (χ4n) is 0.570. The number of rotatable bonds is 2. The minimum Gasteiger partial charge on any atom is -0.492 e. The Bertz CT molecular complexity index is 256. The summed E-state index contributed by atoms with van der Waals surface area (Å²) in [7, 11) is 1.59. The molecule has 0 spiro atoms. The van der Waals surface area contributed by atoms with E-state index in [0.717, 1.165) is 5.16 Å². The van der Waals surface area contributed by atoms with Crippen molar-refractivity contribution in [3.8, 4) is 5.75 Å². The van der Waals surface area contributed by atoms with Crippen LogP contribution in [0.25, 0.3) is 0 Å². The molecule has 3 nitrogen and oxygen atoms in total. The lowest BCUT2D eigenvalue weighted by molar-refractivity contribution is 0.405. The van der Waals surface area contributed by atoms with E-state index in [4.69, 9.17) is 4.74 Å². The zero-order valence-electron chi connectivity index (χ0n) is 6.17. The largest absolute Gasteiger partial charge is 0.492 e. The minimum atomic E-state index is 0.655. The number of ether oxygens (including phenoxy) is 1. The Morgan fingerprint density at radius 1 is 1.64 bits per heavy atom. The topological polar surface area (TPSA) is 35.0 Å². The maximum Gasteiger partial charge on any atom is 0.188 e. The van der Waals surface area contributed by atoms with E-state index >= 15 is 0 Å². The normalized spacial score (nSPS) is 9.73. The van der Waals surface area contributed by atoms with Gasteiger partial charge in [0.25, 0.3) is 0 Å². The first kappa shape index (κ1) is 8.80. The van der Waals surface area contributed by atoms with Gasteiger partial charge in [0.15, 0.2) is 15.5 Å². The van der Waals surface area contributed by atoms with Crippen LogP contribution < -0.4 is 4.74 Å². The Kier molecular flexibility index (Phi) is 3.14. The lowest BCUT2D eigenvalue weighted by Gasteiger charge is -2.01. The summed E-state index contributed by atoms with van der Waals surface area (Å²) in [6, 6.07) is 0. The molecular weight excluding hydrogens is 228 g/mol. The van der Waals surface area contributed by atoms with E-state index in [1.165, 1.54) is 11.8 Å². The summed E-state index contributed by atoms with van der Waals surface area (Å²) < 4.78 is 5.66. The van der Waals surface area contributed by atoms with Crippen LogP contribution in [-0.4, -0.2) is 23.3 Å². The molecule has 11 heavy (non-hydrogen) atoms. The average molecular weight is 235 g/mol. The zero-order valence-corrected chi connectivity index (χ0v) is 8.57. The van der Waals surface area contributed by atoms with Crippen molar-refractivity contribution in [3.05, 3.63) is 10.8 Å². The third kappa shape index (κ3) is 2.07. The van der Waals surface area contributed by atoms with E-state index < -0.39 is 0 Å². The fraction of sp³-hybridized carbons (Fsp3) is 0.333. The molecule has 0 aromatic carbocycles. The van der Waals surface area contributed by atoms with Crippen LogP contribution in [0.4, 0.5) is 0 Å². The summed E-state index contributed by atoms with van der Waals surface area (Å²) in [5, 5.41) is 0.734. The van der Waals surface area contributed by atoms with Gasteiger partial charge in [0.05, 0.1) is 13.3 Å². The lowest BCUT2D eigenvalue weighted by Crippen LogP contribution is -1.91. The number of thioether (sulfide) groups is 1. The van der Waals surface area contributed by atoms with E-state index in [2.05, 4.69) is 25.9 Å². The Morgan fingerprint density at radius 2 is 2.36 bits per heavy atom. The molecule has 0 atom stereocenters. The van der Waals surface area contributed by atoms with Crippen LogP contribution >= 0.6 is 27.7 Å². The summed E-state index contributed by atoms with van der Waals surface area (Å²) in [6.45, 7) is 0. The van der Waals surface area contributed by atoms with Gasteiger partial charge >= 0.3 is 0 Å². The quantitative estimate of drug-likeness (QED) is 0.446. The Morgan fingerprint density at radius 3 is 2.82 bits per heavy atom. The van der Waals surface area contributed by atoms with E-state index in [0.29, 0.717) is 10.4 Å². The highest BCUT2D eigenvalue weighted by Crippen LogP contribution is 2.22. The third-order valence-electron chi connectivity index (χ3n) is 1.09. The number of aromatic nitrogens is 2. The summed E-state index contributed by atoms with van der Waals surface area (Å²) in [6.07, 6.45) is 3.57. The van der Waals surface area contributed by atoms with Crippen molar-refractivity contribution in [1.29, 1.82) is 0 Å². The van der Waals surface area contributed by atoms with Crippen LogP contribution in [0.1, 0.15) is 0 Å². The number of hydrogen-bond acceptors (Lipinski definition) is 4. The number of nitrogens with zero attached hydrogens (tertiary/aromatic N) is 2. The zero-order chi connectivity index (χ0) is 8.27. The molecule has 1 heterocycles. The molecule has 0 N–H and O–H groups in total. The van der Waals surface area contributed by atoms with Crippen molar-refractivity contribution in [2.75, 3.05) is 13.4 Å². The van der Waals surface area contributed by atoms with Gasteiger partial charge in [-0.3, -0.25) is 0 Å². The van der Waals surface area contributed by atoms with Crippen LogP contribution in [0.15, 0.2) is 16.0 Å². The van der Waals surface area contributed by atoms with Crippen LogP contribution in [0.5, 0.6) is 5.75 Å². The van der Waals surface area contributed by atoms with Crippen molar-refractivity contribution in [2.24, 2.45) is 0 Å². The molecule has 0 saturated heterocycles. The number of hydrogen-bond donors (Lipinski definition) is 0. The van der Waals surface area contributed by atoms with Gasteiger partial charge in [-0.15, -0.1) is 0 Å². The van der Waals surface area contributed by atoms with Crippen LogP contribution in [0, 0.1) is 0 Å². The highest BCUT2D eigenvalue weighted by atomic mass is 79.9. The standard InChI is InChI=1S/C6H7BrN2OS/c1-10-4-3-8-6(11-2)9-5(4)7/h3H,1-2H3. The van der Waals surface area contributed by atoms with Crippen LogP contribution in [0.2, 0.25) is 0 Å². The molecular formula is C6H7BrN2OS. The summed E-state index contributed by atoms with van der Waals surface area (Å²) in [5.41, 5.74) is 0. The lowest BCUT2D eigenvalue weighted by atomic mass is 10.6. The van der Waals surface area contributed by atoms with Crippen LogP contribution in [0.3, 0.4) is 0 Å². The second kappa shape index (κ2) is 3.92. The molecule has 0 aliphatic carbocycles. The second-order valence-corrected chi connectivity index (χ2v) is 3.24. The van der Waals surface area contributed by atoms with Crippen LogP contribution in [-0.2, 0) is 0 Å². The molecule has 0 aliphatic heterocycles. The molecule has 1 rings (SSSR count). The average Bonchev–Trinajstić information content (AvgIpc) is 2.04. The minimum absolute atomic E-state index is 0.655. The summed E-state index contributed by atoms with van der Waals surface area (Å²) in [5.74, 6) is 0.655. The predicted octanol–water partition coefficient (Wildman–Crippen LogP) is 1.97. The van der Waals surface area contributed by atoms with Gasteiger partial charge in [0.2, 0.25) is 0 Å². The number of methoxy groups -OCH3 is 1. The molecule has 0 unspecified atom stereocenters. The predicted molar refractivity (Wildman–Crippen MR) is 48.1 cm³/mol. The second-order valence-electron chi connectivity index (χ2n) is 1.72. The first-order valence-electron chi connectivity index (χ1n) is 2.88. The van der Waals surface area contributed by atoms with Gasteiger partial charge in [0.1, 0.15) is 0 Å². The number of halogens is 1. The van der Waals surface area contributed by atoms with E-state index in [-0.39, 0.29) is 0 Å². The Hall–Kier alpha value is -0.290. The molecule has 0 radical (unpaired) electrons. The molecule has 1 aromatic rings. The van der Waals surface area contributed by atoms with Gasteiger partial charge < -0.3 is 4.74 Å². The molecule has 5 heteroatoms. The fourth-order valence-corrected chi connectivity index (χ4v) is 1.46. The Labute approximate surface area is 77.7 Å². The van der Waals surface area contributed by atoms with E-state index in [1.54, 1.807) is 13.3 Å². The Balaban J connectivity index is 2.99. The van der Waals surface area contributed by atoms with Gasteiger partial charge in [-0.25, -0.2) is 9.97 Å². The first-order chi connectivity index (χ1) is 5.27. The van der Waals surface area contributed by atoms with Crippen molar-refractivity contribution in [1.82, 2.24) is 9.97 Å². The molecule has 1 aromatic heterocycles. The SMILES string of the molecule is COc1cnc(SC)nc1Br. The molecule has 0 bridgehead atoms. The molecule has 0 aliphatic rings. The van der Waals surface area contributed by atoms with Crippen molar-refractivity contribution in [3.63, 3.8) is 0 Å². The maximum absolute atomic E-state index is 4.96. The van der Waals surface area contributed by atoms with Crippen molar-refractivity contribution < 1.29 is 4.74 Å². The highest BCUT2D eigenvalue weighted by molar-refractivity contribution is 9.10. The van der Waals surface area contributed by atoms with E-state index in [1.807, 2.05) is 6.26 Å². The monoisotopic (exact) mass is 234 g/mol.